The average Bonchev–Trinajstić information content (AvgIpc) is 2.49. The van der Waals surface area contributed by atoms with Crippen LogP contribution in [-0.4, -0.2) is 12.6 Å². The van der Waals surface area contributed by atoms with Crippen LogP contribution in [0.3, 0.4) is 0 Å². The Bertz CT molecular complexity index is 320. The molecule has 0 radical (unpaired) electrons. The molecule has 0 aromatic heterocycles. The first-order valence-electron chi connectivity index (χ1n) is 8.52. The zero-order chi connectivity index (χ0) is 14.6. The number of benzene rings is 1. The third-order valence-corrected chi connectivity index (χ3v) is 4.17. The van der Waals surface area contributed by atoms with Crippen molar-refractivity contribution < 1.29 is 0 Å². The molecule has 1 nitrogen and oxygen atoms in total. The second kappa shape index (κ2) is 10.9. The van der Waals surface area contributed by atoms with E-state index in [1.165, 1.54) is 50.5 Å². The monoisotopic (exact) mass is 275 g/mol. The lowest BCUT2D eigenvalue weighted by molar-refractivity contribution is 0.467. The van der Waals surface area contributed by atoms with Gasteiger partial charge in [-0.1, -0.05) is 69.9 Å². The zero-order valence-electron chi connectivity index (χ0n) is 13.7. The van der Waals surface area contributed by atoms with Gasteiger partial charge in [0.2, 0.25) is 0 Å². The molecule has 2 atom stereocenters. The van der Waals surface area contributed by atoms with Gasteiger partial charge in [0.15, 0.2) is 0 Å². The predicted octanol–water partition coefficient (Wildman–Crippen LogP) is 5.52. The first kappa shape index (κ1) is 17.2. The summed E-state index contributed by atoms with van der Waals surface area (Å²) in [6, 6.07) is 11.5. The van der Waals surface area contributed by atoms with Gasteiger partial charge < -0.3 is 5.32 Å². The first-order chi connectivity index (χ1) is 9.74. The van der Waals surface area contributed by atoms with Crippen molar-refractivity contribution in [2.45, 2.75) is 77.7 Å². The van der Waals surface area contributed by atoms with E-state index >= 15 is 0 Å². The number of unbranched alkanes of at least 4 members (excludes halogenated alkanes) is 3. The quantitative estimate of drug-likeness (QED) is 0.524. The van der Waals surface area contributed by atoms with E-state index < -0.39 is 0 Å². The van der Waals surface area contributed by atoms with Crippen molar-refractivity contribution in [3.8, 4) is 0 Å². The Morgan fingerprint density at radius 1 is 0.900 bits per heavy atom. The number of hydrogen-bond donors (Lipinski definition) is 1. The summed E-state index contributed by atoms with van der Waals surface area (Å²) in [5.74, 6) is 0.679. The molecule has 114 valence electrons. The topological polar surface area (TPSA) is 12.0 Å². The predicted molar refractivity (Wildman–Crippen MR) is 90.3 cm³/mol. The molecule has 1 aromatic rings. The minimum atomic E-state index is 0.679. The van der Waals surface area contributed by atoms with Crippen LogP contribution >= 0.6 is 0 Å². The van der Waals surface area contributed by atoms with Gasteiger partial charge >= 0.3 is 0 Å². The molecule has 0 aliphatic rings. The summed E-state index contributed by atoms with van der Waals surface area (Å²) in [7, 11) is 0. The molecule has 0 aliphatic heterocycles. The Kier molecular flexibility index (Phi) is 9.40. The molecule has 20 heavy (non-hydrogen) atoms. The SMILES string of the molecule is CCCCCCC(C)NCCCC(C)c1ccccc1. The average molecular weight is 275 g/mol. The van der Waals surface area contributed by atoms with E-state index in [1.807, 2.05) is 0 Å². The Morgan fingerprint density at radius 3 is 2.35 bits per heavy atom. The van der Waals surface area contributed by atoms with Gasteiger partial charge in [-0.25, -0.2) is 0 Å². The summed E-state index contributed by atoms with van der Waals surface area (Å²) in [5, 5.41) is 3.67. The number of hydrogen-bond acceptors (Lipinski definition) is 1. The van der Waals surface area contributed by atoms with Crippen LogP contribution in [0, 0.1) is 0 Å². The van der Waals surface area contributed by atoms with E-state index in [0.717, 1.165) is 6.54 Å². The molecular formula is C19H33N. The zero-order valence-corrected chi connectivity index (χ0v) is 13.7. The van der Waals surface area contributed by atoms with Crippen molar-refractivity contribution in [2.75, 3.05) is 6.54 Å². The maximum Gasteiger partial charge on any atom is 0.00387 e. The molecule has 1 heteroatoms. The van der Waals surface area contributed by atoms with Gasteiger partial charge in [0.05, 0.1) is 0 Å². The molecule has 0 spiro atoms. The highest BCUT2D eigenvalue weighted by atomic mass is 14.9. The van der Waals surface area contributed by atoms with Crippen LogP contribution in [0.2, 0.25) is 0 Å². The second-order valence-electron chi connectivity index (χ2n) is 6.16. The summed E-state index contributed by atoms with van der Waals surface area (Å²) in [5.41, 5.74) is 1.47. The fraction of sp³-hybridized carbons (Fsp3) is 0.684. The van der Waals surface area contributed by atoms with Crippen LogP contribution < -0.4 is 5.32 Å². The molecule has 1 aromatic carbocycles. The van der Waals surface area contributed by atoms with Gasteiger partial charge in [-0.15, -0.1) is 0 Å². The van der Waals surface area contributed by atoms with Crippen LogP contribution in [0.25, 0.3) is 0 Å². The molecule has 1 N–H and O–H groups in total. The van der Waals surface area contributed by atoms with Crippen LogP contribution in [0.1, 0.15) is 77.2 Å². The van der Waals surface area contributed by atoms with Crippen molar-refractivity contribution in [2.24, 2.45) is 0 Å². The Balaban J connectivity index is 2.03. The van der Waals surface area contributed by atoms with Crippen molar-refractivity contribution in [1.82, 2.24) is 5.32 Å². The van der Waals surface area contributed by atoms with Gasteiger partial charge in [0, 0.05) is 6.04 Å². The normalized spacial score (nSPS) is 14.2. The summed E-state index contributed by atoms with van der Waals surface area (Å²) in [6.45, 7) is 8.10. The Labute approximate surface area is 126 Å². The number of nitrogens with one attached hydrogen (secondary N) is 1. The van der Waals surface area contributed by atoms with Crippen LogP contribution in [0.4, 0.5) is 0 Å². The molecule has 0 saturated heterocycles. The standard InChI is InChI=1S/C19H33N/c1-4-5-6-8-13-18(3)20-16-11-12-17(2)19-14-9-7-10-15-19/h7,9-10,14-15,17-18,20H,4-6,8,11-13,16H2,1-3H3. The lowest BCUT2D eigenvalue weighted by atomic mass is 9.96. The van der Waals surface area contributed by atoms with Crippen molar-refractivity contribution in [3.63, 3.8) is 0 Å². The highest BCUT2D eigenvalue weighted by molar-refractivity contribution is 5.18. The highest BCUT2D eigenvalue weighted by Gasteiger charge is 2.05. The summed E-state index contributed by atoms with van der Waals surface area (Å²) < 4.78 is 0. The lowest BCUT2D eigenvalue weighted by Gasteiger charge is -2.15. The van der Waals surface area contributed by atoms with E-state index in [0.29, 0.717) is 12.0 Å². The van der Waals surface area contributed by atoms with Crippen molar-refractivity contribution >= 4 is 0 Å². The number of rotatable bonds is 11. The molecular weight excluding hydrogens is 242 g/mol. The maximum atomic E-state index is 3.67. The first-order valence-corrected chi connectivity index (χ1v) is 8.52. The molecule has 2 unspecified atom stereocenters. The third kappa shape index (κ3) is 7.69. The maximum absolute atomic E-state index is 3.67. The van der Waals surface area contributed by atoms with Crippen LogP contribution in [0.5, 0.6) is 0 Å². The Hall–Kier alpha value is -0.820. The van der Waals surface area contributed by atoms with E-state index in [-0.39, 0.29) is 0 Å². The van der Waals surface area contributed by atoms with Crippen molar-refractivity contribution in [1.29, 1.82) is 0 Å². The fourth-order valence-electron chi connectivity index (χ4n) is 2.68. The van der Waals surface area contributed by atoms with Gasteiger partial charge in [0.1, 0.15) is 0 Å². The highest BCUT2D eigenvalue weighted by Crippen LogP contribution is 2.19. The van der Waals surface area contributed by atoms with E-state index in [1.54, 1.807) is 0 Å². The summed E-state index contributed by atoms with van der Waals surface area (Å²) in [6.07, 6.45) is 9.37. The van der Waals surface area contributed by atoms with Gasteiger partial charge in [-0.05, 0) is 44.2 Å². The molecule has 0 amide bonds. The largest absolute Gasteiger partial charge is 0.314 e. The molecule has 0 saturated carbocycles. The minimum absolute atomic E-state index is 0.679. The van der Waals surface area contributed by atoms with Gasteiger partial charge in [-0.2, -0.15) is 0 Å². The fourth-order valence-corrected chi connectivity index (χ4v) is 2.68. The lowest BCUT2D eigenvalue weighted by Crippen LogP contribution is -2.27. The van der Waals surface area contributed by atoms with Crippen molar-refractivity contribution in [3.05, 3.63) is 35.9 Å². The molecule has 1 rings (SSSR count). The van der Waals surface area contributed by atoms with Gasteiger partial charge in [-0.3, -0.25) is 0 Å². The minimum Gasteiger partial charge on any atom is -0.314 e. The Morgan fingerprint density at radius 2 is 1.65 bits per heavy atom. The molecule has 0 heterocycles. The smallest absolute Gasteiger partial charge is 0.00387 e. The van der Waals surface area contributed by atoms with Crippen LogP contribution in [-0.2, 0) is 0 Å². The van der Waals surface area contributed by atoms with E-state index in [4.69, 9.17) is 0 Å². The van der Waals surface area contributed by atoms with E-state index in [9.17, 15) is 0 Å². The van der Waals surface area contributed by atoms with Gasteiger partial charge in [0.25, 0.3) is 0 Å². The van der Waals surface area contributed by atoms with E-state index in [2.05, 4.69) is 56.4 Å². The third-order valence-electron chi connectivity index (χ3n) is 4.17. The molecule has 0 fully saturated rings. The van der Waals surface area contributed by atoms with Crippen LogP contribution in [0.15, 0.2) is 30.3 Å². The molecule has 0 aliphatic carbocycles. The second-order valence-corrected chi connectivity index (χ2v) is 6.16. The molecule has 0 bridgehead atoms. The summed E-state index contributed by atoms with van der Waals surface area (Å²) >= 11 is 0. The summed E-state index contributed by atoms with van der Waals surface area (Å²) in [4.78, 5) is 0.